The molecule has 0 unspecified atom stereocenters. The summed E-state index contributed by atoms with van der Waals surface area (Å²) in [5.74, 6) is 1.67. The van der Waals surface area contributed by atoms with E-state index >= 15 is 0 Å². The average molecular weight is 313 g/mol. The van der Waals surface area contributed by atoms with Crippen LogP contribution >= 0.6 is 0 Å². The minimum Gasteiger partial charge on any atom is -0.324 e. The minimum absolute atomic E-state index is 0.0338. The van der Waals surface area contributed by atoms with Crippen LogP contribution in [-0.4, -0.2) is 33.1 Å². The van der Waals surface area contributed by atoms with Crippen molar-refractivity contribution in [2.45, 2.75) is 51.0 Å². The maximum absolute atomic E-state index is 12.5. The van der Waals surface area contributed by atoms with Crippen LogP contribution in [0, 0.1) is 5.92 Å². The number of anilines is 1. The number of nitrogens with one attached hydrogen (secondary N) is 2. The molecule has 1 amide bonds. The SMILES string of the molecule is C[C@H]1NCCC[C@H]1C(=O)Nc1ccc2nnc(C3CCC3)n2c1. The van der Waals surface area contributed by atoms with Gasteiger partial charge in [-0.3, -0.25) is 9.20 Å². The van der Waals surface area contributed by atoms with Gasteiger partial charge in [0.05, 0.1) is 11.6 Å². The van der Waals surface area contributed by atoms with E-state index in [0.717, 1.165) is 36.5 Å². The van der Waals surface area contributed by atoms with Crippen LogP contribution in [0.25, 0.3) is 5.65 Å². The van der Waals surface area contributed by atoms with Crippen molar-refractivity contribution < 1.29 is 4.79 Å². The van der Waals surface area contributed by atoms with Gasteiger partial charge in [0.25, 0.3) is 0 Å². The van der Waals surface area contributed by atoms with Crippen molar-refractivity contribution in [3.05, 3.63) is 24.2 Å². The fourth-order valence-electron chi connectivity index (χ4n) is 3.56. The molecule has 1 aliphatic heterocycles. The second kappa shape index (κ2) is 5.92. The Morgan fingerprint density at radius 3 is 2.87 bits per heavy atom. The molecule has 2 aromatic heterocycles. The summed E-state index contributed by atoms with van der Waals surface area (Å²) in [7, 11) is 0. The summed E-state index contributed by atoms with van der Waals surface area (Å²) in [6.07, 6.45) is 7.59. The maximum atomic E-state index is 12.5. The molecule has 2 atom stereocenters. The summed E-state index contributed by atoms with van der Waals surface area (Å²) in [4.78, 5) is 12.5. The van der Waals surface area contributed by atoms with E-state index in [2.05, 4.69) is 27.8 Å². The van der Waals surface area contributed by atoms with E-state index < -0.39 is 0 Å². The molecular weight excluding hydrogens is 290 g/mol. The van der Waals surface area contributed by atoms with Gasteiger partial charge in [-0.05, 0) is 51.3 Å². The lowest BCUT2D eigenvalue weighted by Crippen LogP contribution is -2.44. The molecule has 2 N–H and O–H groups in total. The number of aromatic nitrogens is 3. The summed E-state index contributed by atoms with van der Waals surface area (Å²) < 4.78 is 2.03. The smallest absolute Gasteiger partial charge is 0.229 e. The number of hydrogen-bond acceptors (Lipinski definition) is 4. The quantitative estimate of drug-likeness (QED) is 0.912. The summed E-state index contributed by atoms with van der Waals surface area (Å²) in [5, 5.41) is 15.0. The number of fused-ring (bicyclic) bond motifs is 1. The van der Waals surface area contributed by atoms with Gasteiger partial charge in [0.15, 0.2) is 5.65 Å². The van der Waals surface area contributed by atoms with Gasteiger partial charge in [-0.1, -0.05) is 6.42 Å². The minimum atomic E-state index is 0.0338. The third-order valence-electron chi connectivity index (χ3n) is 5.27. The van der Waals surface area contributed by atoms with Gasteiger partial charge in [0.1, 0.15) is 5.82 Å². The Morgan fingerprint density at radius 2 is 2.13 bits per heavy atom. The molecule has 0 bridgehead atoms. The van der Waals surface area contributed by atoms with Crippen LogP contribution in [0.1, 0.15) is 50.8 Å². The first-order chi connectivity index (χ1) is 11.2. The second-order valence-corrected chi connectivity index (χ2v) is 6.81. The molecule has 0 radical (unpaired) electrons. The topological polar surface area (TPSA) is 71.3 Å². The first-order valence-corrected chi connectivity index (χ1v) is 8.61. The molecule has 3 heterocycles. The molecule has 23 heavy (non-hydrogen) atoms. The van der Waals surface area contributed by atoms with E-state index in [1.165, 1.54) is 19.3 Å². The number of nitrogens with zero attached hydrogens (tertiary/aromatic N) is 3. The summed E-state index contributed by atoms with van der Waals surface area (Å²) in [6, 6.07) is 4.06. The molecule has 1 saturated carbocycles. The monoisotopic (exact) mass is 313 g/mol. The Hall–Kier alpha value is -1.95. The second-order valence-electron chi connectivity index (χ2n) is 6.81. The van der Waals surface area contributed by atoms with Gasteiger partial charge in [0.2, 0.25) is 5.91 Å². The highest BCUT2D eigenvalue weighted by molar-refractivity contribution is 5.93. The van der Waals surface area contributed by atoms with Gasteiger partial charge in [0, 0.05) is 18.2 Å². The zero-order valence-electron chi connectivity index (χ0n) is 13.5. The Bertz CT molecular complexity index is 721. The van der Waals surface area contributed by atoms with Crippen LogP contribution in [-0.2, 0) is 4.79 Å². The Morgan fingerprint density at radius 1 is 1.26 bits per heavy atom. The fourth-order valence-corrected chi connectivity index (χ4v) is 3.56. The van der Waals surface area contributed by atoms with Crippen LogP contribution in [0.2, 0.25) is 0 Å². The molecule has 4 rings (SSSR count). The van der Waals surface area contributed by atoms with Crippen molar-refractivity contribution in [2.75, 3.05) is 11.9 Å². The number of piperidine rings is 1. The van der Waals surface area contributed by atoms with Gasteiger partial charge < -0.3 is 10.6 Å². The molecule has 6 nitrogen and oxygen atoms in total. The van der Waals surface area contributed by atoms with Gasteiger partial charge in [-0.25, -0.2) is 0 Å². The molecule has 0 aromatic carbocycles. The molecule has 0 spiro atoms. The third-order valence-corrected chi connectivity index (χ3v) is 5.27. The van der Waals surface area contributed by atoms with Gasteiger partial charge in [-0.15, -0.1) is 10.2 Å². The van der Waals surface area contributed by atoms with Crippen LogP contribution in [0.5, 0.6) is 0 Å². The van der Waals surface area contributed by atoms with Crippen molar-refractivity contribution >= 4 is 17.2 Å². The zero-order valence-corrected chi connectivity index (χ0v) is 13.5. The summed E-state index contributed by atoms with van der Waals surface area (Å²) >= 11 is 0. The normalized spacial score (nSPS) is 25.3. The lowest BCUT2D eigenvalue weighted by molar-refractivity contribution is -0.121. The van der Waals surface area contributed by atoms with E-state index in [1.807, 2.05) is 22.7 Å². The molecule has 2 aromatic rings. The Balaban J connectivity index is 1.55. The van der Waals surface area contributed by atoms with Crippen molar-refractivity contribution in [2.24, 2.45) is 5.92 Å². The van der Waals surface area contributed by atoms with Crippen LogP contribution in [0.3, 0.4) is 0 Å². The van der Waals surface area contributed by atoms with Crippen LogP contribution < -0.4 is 10.6 Å². The molecule has 1 saturated heterocycles. The lowest BCUT2D eigenvalue weighted by atomic mass is 9.85. The predicted octanol–water partition coefficient (Wildman–Crippen LogP) is 2.32. The zero-order chi connectivity index (χ0) is 15.8. The van der Waals surface area contributed by atoms with E-state index in [9.17, 15) is 4.79 Å². The van der Waals surface area contributed by atoms with Gasteiger partial charge in [-0.2, -0.15) is 0 Å². The van der Waals surface area contributed by atoms with Crippen molar-refractivity contribution in [1.29, 1.82) is 0 Å². The highest BCUT2D eigenvalue weighted by atomic mass is 16.1. The van der Waals surface area contributed by atoms with E-state index in [-0.39, 0.29) is 17.9 Å². The predicted molar refractivity (Wildman–Crippen MR) is 88.4 cm³/mol. The molecule has 6 heteroatoms. The third kappa shape index (κ3) is 2.72. The van der Waals surface area contributed by atoms with Crippen LogP contribution in [0.4, 0.5) is 5.69 Å². The fraction of sp³-hybridized carbons (Fsp3) is 0.588. The largest absolute Gasteiger partial charge is 0.324 e. The van der Waals surface area contributed by atoms with Gasteiger partial charge >= 0.3 is 0 Å². The molecule has 1 aliphatic carbocycles. The molecule has 2 aliphatic rings. The highest BCUT2D eigenvalue weighted by Crippen LogP contribution is 2.35. The van der Waals surface area contributed by atoms with Crippen molar-refractivity contribution in [3.8, 4) is 0 Å². The number of carbonyl (C=O) groups excluding carboxylic acids is 1. The van der Waals surface area contributed by atoms with E-state index in [4.69, 9.17) is 0 Å². The number of pyridine rings is 1. The lowest BCUT2D eigenvalue weighted by Gasteiger charge is -2.28. The molecule has 122 valence electrons. The first kappa shape index (κ1) is 14.6. The number of rotatable bonds is 3. The van der Waals surface area contributed by atoms with Crippen molar-refractivity contribution in [1.82, 2.24) is 19.9 Å². The number of amides is 1. The average Bonchev–Trinajstić information content (AvgIpc) is 2.89. The maximum Gasteiger partial charge on any atom is 0.229 e. The Kier molecular flexibility index (Phi) is 3.77. The van der Waals surface area contributed by atoms with E-state index in [1.54, 1.807) is 0 Å². The number of hydrogen-bond donors (Lipinski definition) is 2. The first-order valence-electron chi connectivity index (χ1n) is 8.61. The van der Waals surface area contributed by atoms with Crippen molar-refractivity contribution in [3.63, 3.8) is 0 Å². The molecular formula is C17H23N5O. The highest BCUT2D eigenvalue weighted by Gasteiger charge is 2.28. The summed E-state index contributed by atoms with van der Waals surface area (Å²) in [5.41, 5.74) is 1.67. The van der Waals surface area contributed by atoms with Crippen LogP contribution in [0.15, 0.2) is 18.3 Å². The Labute approximate surface area is 135 Å². The number of carbonyl (C=O) groups is 1. The summed E-state index contributed by atoms with van der Waals surface area (Å²) in [6.45, 7) is 3.09. The van der Waals surface area contributed by atoms with E-state index in [0.29, 0.717) is 5.92 Å². The molecule has 2 fully saturated rings. The standard InChI is InChI=1S/C17H23N5O/c1-11-14(6-3-9-18-11)17(23)19-13-7-8-15-20-21-16(22(15)10-13)12-4-2-5-12/h7-8,10-12,14,18H,2-6,9H2,1H3,(H,19,23)/t11-,14-/m1/s1.